The molecule has 7 nitrogen and oxygen atoms in total. The van der Waals surface area contributed by atoms with Gasteiger partial charge in [0, 0.05) is 11.9 Å². The van der Waals surface area contributed by atoms with E-state index in [1.807, 2.05) is 66.5 Å². The second kappa shape index (κ2) is 7.88. The number of carbonyl (C=O) groups excluding carboxylic acids is 1. The van der Waals surface area contributed by atoms with Crippen LogP contribution in [0.3, 0.4) is 0 Å². The average Bonchev–Trinajstić information content (AvgIpc) is 3.33. The summed E-state index contributed by atoms with van der Waals surface area (Å²) < 4.78 is 1.57. The summed E-state index contributed by atoms with van der Waals surface area (Å²) in [5.74, 6) is -0.179. The minimum absolute atomic E-state index is 0.0738. The second-order valence-corrected chi connectivity index (χ2v) is 7.81. The molecule has 0 aliphatic carbocycles. The Kier molecular flexibility index (Phi) is 5.14. The molecule has 0 spiro atoms. The molecule has 28 heavy (non-hydrogen) atoms. The molecule has 0 saturated heterocycles. The lowest BCUT2D eigenvalue weighted by atomic mass is 10.2. The molecule has 4 rings (SSSR count). The zero-order valence-corrected chi connectivity index (χ0v) is 16.4. The van der Waals surface area contributed by atoms with Crippen molar-refractivity contribution in [2.75, 3.05) is 17.7 Å². The third-order valence-corrected chi connectivity index (χ3v) is 6.27. The van der Waals surface area contributed by atoms with Crippen LogP contribution >= 0.6 is 23.5 Å². The van der Waals surface area contributed by atoms with E-state index in [1.54, 1.807) is 4.68 Å². The van der Waals surface area contributed by atoms with Crippen molar-refractivity contribution in [3.8, 4) is 11.8 Å². The average molecular weight is 406 g/mol. The van der Waals surface area contributed by atoms with Gasteiger partial charge in [-0.15, -0.1) is 5.10 Å². The first-order chi connectivity index (χ1) is 13.7. The Hall–Kier alpha value is -3.09. The van der Waals surface area contributed by atoms with Crippen molar-refractivity contribution in [1.82, 2.24) is 20.2 Å². The standard InChI is InChI=1S/C19H14N6OS2/c1-24-15-9-5-6-10-17(15)28-18(24)14(11-20)16(26)12-27-19-21-22-23-25(19)13-7-3-2-4-8-13/h2-10H,12H2,1H3/b18-14-. The van der Waals surface area contributed by atoms with E-state index in [2.05, 4.69) is 21.6 Å². The minimum Gasteiger partial charge on any atom is -0.337 e. The Morgan fingerprint density at radius 1 is 1.18 bits per heavy atom. The number of Topliss-reactive ketones (excluding diaryl/α,β-unsaturated/α-hetero) is 1. The first kappa shape index (κ1) is 18.3. The van der Waals surface area contributed by atoms with Crippen molar-refractivity contribution < 1.29 is 4.79 Å². The third kappa shape index (κ3) is 3.40. The van der Waals surface area contributed by atoms with E-state index >= 15 is 0 Å². The van der Waals surface area contributed by atoms with Crippen molar-refractivity contribution in [2.45, 2.75) is 10.1 Å². The fourth-order valence-corrected chi connectivity index (χ4v) is 4.68. The molecule has 1 aromatic heterocycles. The van der Waals surface area contributed by atoms with E-state index in [4.69, 9.17) is 0 Å². The van der Waals surface area contributed by atoms with E-state index in [1.165, 1.54) is 23.5 Å². The molecule has 138 valence electrons. The molecule has 2 heterocycles. The summed E-state index contributed by atoms with van der Waals surface area (Å²) >= 11 is 2.64. The lowest BCUT2D eigenvalue weighted by Crippen LogP contribution is -2.16. The number of thioether (sulfide) groups is 2. The molecule has 0 saturated carbocycles. The van der Waals surface area contributed by atoms with Gasteiger partial charge in [-0.1, -0.05) is 53.9 Å². The normalized spacial score (nSPS) is 14.5. The monoisotopic (exact) mass is 406 g/mol. The van der Waals surface area contributed by atoms with Crippen LogP contribution in [0.15, 0.2) is 75.3 Å². The van der Waals surface area contributed by atoms with Gasteiger partial charge in [0.1, 0.15) is 16.7 Å². The molecular weight excluding hydrogens is 392 g/mol. The Morgan fingerprint density at radius 3 is 2.68 bits per heavy atom. The van der Waals surface area contributed by atoms with Crippen LogP contribution < -0.4 is 4.90 Å². The molecule has 0 fully saturated rings. The highest BCUT2D eigenvalue weighted by atomic mass is 32.2. The van der Waals surface area contributed by atoms with Gasteiger partial charge in [0.05, 0.1) is 17.1 Å². The Bertz CT molecular complexity index is 1100. The Morgan fingerprint density at radius 2 is 1.93 bits per heavy atom. The lowest BCUT2D eigenvalue weighted by molar-refractivity contribution is -0.112. The summed E-state index contributed by atoms with van der Waals surface area (Å²) in [6, 6.07) is 19.4. The van der Waals surface area contributed by atoms with Crippen LogP contribution in [0.5, 0.6) is 0 Å². The zero-order valence-electron chi connectivity index (χ0n) is 14.8. The van der Waals surface area contributed by atoms with Gasteiger partial charge in [0.25, 0.3) is 0 Å². The first-order valence-electron chi connectivity index (χ1n) is 8.34. The number of anilines is 1. The van der Waals surface area contributed by atoms with Gasteiger partial charge in [-0.05, 0) is 34.7 Å². The fraction of sp³-hybridized carbons (Fsp3) is 0.105. The van der Waals surface area contributed by atoms with Crippen LogP contribution in [0, 0.1) is 11.3 Å². The summed E-state index contributed by atoms with van der Waals surface area (Å²) in [4.78, 5) is 15.7. The molecule has 3 aromatic rings. The number of hydrogen-bond donors (Lipinski definition) is 0. The van der Waals surface area contributed by atoms with Crippen LogP contribution in [0.1, 0.15) is 0 Å². The molecule has 0 unspecified atom stereocenters. The molecule has 0 N–H and O–H groups in total. The molecule has 0 atom stereocenters. The SMILES string of the molecule is CN1/C(=C(\C#N)C(=O)CSc2nnnn2-c2ccccc2)Sc2ccccc21. The maximum absolute atomic E-state index is 12.8. The smallest absolute Gasteiger partial charge is 0.214 e. The van der Waals surface area contributed by atoms with E-state index in [0.29, 0.717) is 10.2 Å². The maximum atomic E-state index is 12.8. The Labute approximate surface area is 170 Å². The van der Waals surface area contributed by atoms with E-state index in [-0.39, 0.29) is 17.1 Å². The number of nitriles is 1. The number of benzene rings is 2. The molecule has 9 heteroatoms. The quantitative estimate of drug-likeness (QED) is 0.362. The zero-order chi connectivity index (χ0) is 19.5. The summed E-state index contributed by atoms with van der Waals surface area (Å²) in [5.41, 5.74) is 1.95. The number of aromatic nitrogens is 4. The molecule has 1 aliphatic rings. The summed E-state index contributed by atoms with van der Waals surface area (Å²) in [6.45, 7) is 0. The molecule has 0 bridgehead atoms. The van der Waals surface area contributed by atoms with Crippen molar-refractivity contribution >= 4 is 35.0 Å². The van der Waals surface area contributed by atoms with Gasteiger partial charge >= 0.3 is 0 Å². The minimum atomic E-state index is -0.253. The summed E-state index contributed by atoms with van der Waals surface area (Å²) in [6.07, 6.45) is 0. The lowest BCUT2D eigenvalue weighted by Gasteiger charge is -2.14. The second-order valence-electron chi connectivity index (χ2n) is 5.84. The predicted octanol–water partition coefficient (Wildman–Crippen LogP) is 3.30. The van der Waals surface area contributed by atoms with Crippen LogP contribution in [-0.2, 0) is 4.79 Å². The number of nitrogens with zero attached hydrogens (tertiary/aromatic N) is 6. The van der Waals surface area contributed by atoms with Gasteiger partial charge < -0.3 is 4.90 Å². The van der Waals surface area contributed by atoms with Crippen LogP contribution in [0.2, 0.25) is 0 Å². The number of tetrazole rings is 1. The number of allylic oxidation sites excluding steroid dienone is 1. The first-order valence-corrected chi connectivity index (χ1v) is 10.1. The van der Waals surface area contributed by atoms with Gasteiger partial charge in [0.15, 0.2) is 5.78 Å². The number of para-hydroxylation sites is 2. The van der Waals surface area contributed by atoms with Gasteiger partial charge in [-0.25, -0.2) is 0 Å². The Balaban J connectivity index is 1.54. The van der Waals surface area contributed by atoms with Crippen molar-refractivity contribution in [3.63, 3.8) is 0 Å². The highest BCUT2D eigenvalue weighted by Crippen LogP contribution is 2.46. The van der Waals surface area contributed by atoms with E-state index < -0.39 is 0 Å². The molecule has 1 aliphatic heterocycles. The largest absolute Gasteiger partial charge is 0.337 e. The van der Waals surface area contributed by atoms with E-state index in [9.17, 15) is 10.1 Å². The van der Waals surface area contributed by atoms with Crippen LogP contribution in [0.25, 0.3) is 5.69 Å². The number of ketones is 1. The summed E-state index contributed by atoms with van der Waals surface area (Å²) in [7, 11) is 1.86. The molecule has 0 amide bonds. The predicted molar refractivity (Wildman–Crippen MR) is 108 cm³/mol. The third-order valence-electron chi connectivity index (χ3n) is 4.12. The fourth-order valence-electron chi connectivity index (χ4n) is 2.75. The summed E-state index contributed by atoms with van der Waals surface area (Å²) in [5, 5.41) is 22.4. The van der Waals surface area contributed by atoms with Gasteiger partial charge in [0.2, 0.25) is 5.16 Å². The van der Waals surface area contributed by atoms with E-state index in [0.717, 1.165) is 16.3 Å². The van der Waals surface area contributed by atoms with Gasteiger partial charge in [-0.3, -0.25) is 4.79 Å². The highest BCUT2D eigenvalue weighted by Gasteiger charge is 2.28. The number of fused-ring (bicyclic) bond motifs is 1. The van der Waals surface area contributed by atoms with Crippen LogP contribution in [-0.4, -0.2) is 38.8 Å². The number of carbonyl (C=O) groups is 1. The maximum Gasteiger partial charge on any atom is 0.214 e. The highest BCUT2D eigenvalue weighted by molar-refractivity contribution is 8.03. The number of rotatable bonds is 5. The van der Waals surface area contributed by atoms with Crippen LogP contribution in [0.4, 0.5) is 5.69 Å². The van der Waals surface area contributed by atoms with Crippen molar-refractivity contribution in [2.24, 2.45) is 0 Å². The van der Waals surface area contributed by atoms with Crippen molar-refractivity contribution in [1.29, 1.82) is 5.26 Å². The number of hydrogen-bond acceptors (Lipinski definition) is 8. The van der Waals surface area contributed by atoms with Crippen molar-refractivity contribution in [3.05, 3.63) is 65.2 Å². The molecule has 0 radical (unpaired) electrons. The van der Waals surface area contributed by atoms with Gasteiger partial charge in [-0.2, -0.15) is 9.94 Å². The molecule has 2 aromatic carbocycles. The molecular formula is C19H14N6OS2. The topological polar surface area (TPSA) is 87.7 Å².